The minimum atomic E-state index is -0.535. The van der Waals surface area contributed by atoms with Gasteiger partial charge in [0.15, 0.2) is 5.84 Å². The fourth-order valence-electron chi connectivity index (χ4n) is 1.29. The second kappa shape index (κ2) is 5.78. The second-order valence-corrected chi connectivity index (χ2v) is 3.85. The normalized spacial score (nSPS) is 13.5. The molecule has 7 nitrogen and oxygen atoms in total. The van der Waals surface area contributed by atoms with Crippen LogP contribution in [0.25, 0.3) is 0 Å². The van der Waals surface area contributed by atoms with E-state index >= 15 is 0 Å². The maximum absolute atomic E-state index is 11.8. The second-order valence-electron chi connectivity index (χ2n) is 3.85. The summed E-state index contributed by atoms with van der Waals surface area (Å²) in [6.07, 6.45) is 4.12. The van der Waals surface area contributed by atoms with Gasteiger partial charge in [-0.05, 0) is 5.92 Å². The number of nitrogens with two attached hydrogens (primary N) is 1. The van der Waals surface area contributed by atoms with Gasteiger partial charge in [0.1, 0.15) is 6.33 Å². The quantitative estimate of drug-likeness (QED) is 0.295. The number of rotatable bonds is 4. The van der Waals surface area contributed by atoms with E-state index in [0.29, 0.717) is 5.56 Å². The zero-order chi connectivity index (χ0) is 12.8. The van der Waals surface area contributed by atoms with Crippen molar-refractivity contribution in [2.24, 2.45) is 16.8 Å². The molecule has 0 spiro atoms. The number of amides is 1. The van der Waals surface area contributed by atoms with Gasteiger partial charge in [0.2, 0.25) is 0 Å². The van der Waals surface area contributed by atoms with Gasteiger partial charge in [-0.1, -0.05) is 19.0 Å². The van der Waals surface area contributed by atoms with Crippen LogP contribution < -0.4 is 11.1 Å². The molecule has 1 atom stereocenters. The van der Waals surface area contributed by atoms with E-state index in [1.54, 1.807) is 0 Å². The summed E-state index contributed by atoms with van der Waals surface area (Å²) >= 11 is 0. The van der Waals surface area contributed by atoms with E-state index in [0.717, 1.165) is 0 Å². The third-order valence-corrected chi connectivity index (χ3v) is 2.21. The average Bonchev–Trinajstić information content (AvgIpc) is 2.35. The Balaban J connectivity index is 2.79. The summed E-state index contributed by atoms with van der Waals surface area (Å²) in [6, 6.07) is -0.535. The highest BCUT2D eigenvalue weighted by atomic mass is 16.4. The van der Waals surface area contributed by atoms with Crippen molar-refractivity contribution >= 4 is 11.7 Å². The first kappa shape index (κ1) is 12.9. The van der Waals surface area contributed by atoms with E-state index in [9.17, 15) is 4.79 Å². The van der Waals surface area contributed by atoms with Crippen molar-refractivity contribution in [2.75, 3.05) is 0 Å². The fraction of sp³-hybridized carbons (Fsp3) is 0.400. The van der Waals surface area contributed by atoms with Crippen molar-refractivity contribution < 1.29 is 10.0 Å². The van der Waals surface area contributed by atoms with Gasteiger partial charge in [0.05, 0.1) is 11.6 Å². The number of nitrogens with zero attached hydrogens (tertiary/aromatic N) is 3. The van der Waals surface area contributed by atoms with Gasteiger partial charge in [-0.2, -0.15) is 0 Å². The molecule has 17 heavy (non-hydrogen) atoms. The third-order valence-electron chi connectivity index (χ3n) is 2.21. The average molecular weight is 237 g/mol. The zero-order valence-corrected chi connectivity index (χ0v) is 9.66. The number of oxime groups is 1. The smallest absolute Gasteiger partial charge is 0.255 e. The molecule has 0 saturated carbocycles. The molecule has 0 bridgehead atoms. The van der Waals surface area contributed by atoms with E-state index in [2.05, 4.69) is 20.4 Å². The molecule has 1 heterocycles. The number of hydrogen-bond acceptors (Lipinski definition) is 5. The Morgan fingerprint density at radius 1 is 1.47 bits per heavy atom. The molecule has 0 radical (unpaired) electrons. The number of carbonyl (C=O) groups excluding carboxylic acids is 1. The van der Waals surface area contributed by atoms with Crippen LogP contribution in [0.3, 0.4) is 0 Å². The Kier molecular flexibility index (Phi) is 4.38. The van der Waals surface area contributed by atoms with Crippen LogP contribution in [0.4, 0.5) is 0 Å². The number of hydrogen-bond donors (Lipinski definition) is 3. The summed E-state index contributed by atoms with van der Waals surface area (Å²) in [5.41, 5.74) is 5.82. The lowest BCUT2D eigenvalue weighted by atomic mass is 10.0. The molecule has 0 aliphatic heterocycles. The van der Waals surface area contributed by atoms with E-state index in [1.807, 2.05) is 13.8 Å². The number of carbonyl (C=O) groups is 1. The van der Waals surface area contributed by atoms with Crippen LogP contribution in [-0.2, 0) is 0 Å². The highest BCUT2D eigenvalue weighted by Crippen LogP contribution is 2.03. The Labute approximate surface area is 98.8 Å². The van der Waals surface area contributed by atoms with Crippen molar-refractivity contribution in [3.8, 4) is 0 Å². The molecule has 0 aliphatic rings. The molecule has 0 fully saturated rings. The Morgan fingerprint density at radius 3 is 2.53 bits per heavy atom. The predicted octanol–water partition coefficient (Wildman–Crippen LogP) is -0.0226. The fourth-order valence-corrected chi connectivity index (χ4v) is 1.29. The maximum Gasteiger partial charge on any atom is 0.255 e. The highest BCUT2D eigenvalue weighted by molar-refractivity contribution is 5.97. The number of amidine groups is 1. The molecule has 1 aromatic heterocycles. The standard InChI is InChI=1S/C10H15N5O2/c1-6(2)8(9(11)15-17)14-10(16)7-3-12-5-13-4-7/h3-6,8,17H,1-2H3,(H2,11,15)(H,14,16). The highest BCUT2D eigenvalue weighted by Gasteiger charge is 2.21. The summed E-state index contributed by atoms with van der Waals surface area (Å²) < 4.78 is 0. The molecule has 92 valence electrons. The Bertz CT molecular complexity index is 404. The van der Waals surface area contributed by atoms with Crippen molar-refractivity contribution in [3.63, 3.8) is 0 Å². The molecular formula is C10H15N5O2. The van der Waals surface area contributed by atoms with Crippen molar-refractivity contribution in [1.29, 1.82) is 0 Å². The monoisotopic (exact) mass is 237 g/mol. The Morgan fingerprint density at radius 2 is 2.06 bits per heavy atom. The van der Waals surface area contributed by atoms with E-state index < -0.39 is 6.04 Å². The summed E-state index contributed by atoms with van der Waals surface area (Å²) in [4.78, 5) is 19.3. The van der Waals surface area contributed by atoms with E-state index in [4.69, 9.17) is 10.9 Å². The van der Waals surface area contributed by atoms with Crippen LogP contribution in [0.1, 0.15) is 24.2 Å². The first-order valence-electron chi connectivity index (χ1n) is 5.09. The molecule has 0 saturated heterocycles. The Hall–Kier alpha value is -2.18. The molecule has 1 aromatic rings. The molecule has 0 aliphatic carbocycles. The van der Waals surface area contributed by atoms with Gasteiger partial charge in [0.25, 0.3) is 5.91 Å². The van der Waals surface area contributed by atoms with Crippen molar-refractivity contribution in [2.45, 2.75) is 19.9 Å². The minimum absolute atomic E-state index is 0.000481. The van der Waals surface area contributed by atoms with Crippen LogP contribution in [0.15, 0.2) is 23.9 Å². The maximum atomic E-state index is 11.8. The lowest BCUT2D eigenvalue weighted by Gasteiger charge is -2.20. The third kappa shape index (κ3) is 3.40. The topological polar surface area (TPSA) is 113 Å². The van der Waals surface area contributed by atoms with Crippen LogP contribution >= 0.6 is 0 Å². The molecule has 1 amide bonds. The summed E-state index contributed by atoms with van der Waals surface area (Å²) in [5, 5.41) is 14.2. The molecule has 0 aromatic carbocycles. The zero-order valence-electron chi connectivity index (χ0n) is 9.66. The SMILES string of the molecule is CC(C)C(NC(=O)c1cncnc1)C(N)=NO. The first-order chi connectivity index (χ1) is 8.06. The van der Waals surface area contributed by atoms with Gasteiger partial charge in [-0.25, -0.2) is 9.97 Å². The van der Waals surface area contributed by atoms with Gasteiger partial charge in [0, 0.05) is 12.4 Å². The van der Waals surface area contributed by atoms with Crippen LogP contribution in [0, 0.1) is 5.92 Å². The summed E-state index contributed by atoms with van der Waals surface area (Å²) in [6.45, 7) is 3.70. The van der Waals surface area contributed by atoms with Gasteiger partial charge < -0.3 is 16.3 Å². The number of nitrogens with one attached hydrogen (secondary N) is 1. The van der Waals surface area contributed by atoms with Crippen molar-refractivity contribution in [3.05, 3.63) is 24.3 Å². The van der Waals surface area contributed by atoms with Crippen LogP contribution in [0.2, 0.25) is 0 Å². The van der Waals surface area contributed by atoms with Gasteiger partial charge in [-0.15, -0.1) is 0 Å². The molecule has 1 unspecified atom stereocenters. The van der Waals surface area contributed by atoms with Crippen LogP contribution in [0.5, 0.6) is 0 Å². The van der Waals surface area contributed by atoms with Gasteiger partial charge in [-0.3, -0.25) is 4.79 Å². The van der Waals surface area contributed by atoms with Crippen LogP contribution in [-0.4, -0.2) is 33.0 Å². The van der Waals surface area contributed by atoms with E-state index in [-0.39, 0.29) is 17.7 Å². The largest absolute Gasteiger partial charge is 0.409 e. The van der Waals surface area contributed by atoms with E-state index in [1.165, 1.54) is 18.7 Å². The van der Waals surface area contributed by atoms with Crippen molar-refractivity contribution in [1.82, 2.24) is 15.3 Å². The summed E-state index contributed by atoms with van der Waals surface area (Å²) in [7, 11) is 0. The minimum Gasteiger partial charge on any atom is -0.409 e. The molecule has 7 heteroatoms. The lowest BCUT2D eigenvalue weighted by Crippen LogP contribution is -2.47. The molecule has 4 N–H and O–H groups in total. The van der Waals surface area contributed by atoms with Gasteiger partial charge >= 0.3 is 0 Å². The molecule has 1 rings (SSSR count). The first-order valence-corrected chi connectivity index (χ1v) is 5.09. The molecular weight excluding hydrogens is 222 g/mol. The predicted molar refractivity (Wildman–Crippen MR) is 61.5 cm³/mol. The number of aromatic nitrogens is 2. The summed E-state index contributed by atoms with van der Waals surface area (Å²) in [5.74, 6) is -0.402. The lowest BCUT2D eigenvalue weighted by molar-refractivity contribution is 0.0938.